The Kier molecular flexibility index (Phi) is 6.04. The molecule has 1 aromatic carbocycles. The predicted molar refractivity (Wildman–Crippen MR) is 84.7 cm³/mol. The highest BCUT2D eigenvalue weighted by molar-refractivity contribution is 9.10. The van der Waals surface area contributed by atoms with Crippen LogP contribution in [0.25, 0.3) is 0 Å². The lowest BCUT2D eigenvalue weighted by Gasteiger charge is -2.27. The molecule has 0 bridgehead atoms. The van der Waals surface area contributed by atoms with E-state index in [1.54, 1.807) is 6.20 Å². The van der Waals surface area contributed by atoms with Crippen LogP contribution in [-0.2, 0) is 11.3 Å². The molecule has 0 aliphatic heterocycles. The number of benzene rings is 1. The van der Waals surface area contributed by atoms with E-state index in [-0.39, 0.29) is 6.61 Å². The van der Waals surface area contributed by atoms with Gasteiger partial charge in [0.15, 0.2) is 0 Å². The number of halogens is 1. The molecule has 0 saturated heterocycles. The molecule has 21 heavy (non-hydrogen) atoms. The first-order chi connectivity index (χ1) is 10.2. The number of hydrogen-bond acceptors (Lipinski definition) is 4. The lowest BCUT2D eigenvalue weighted by Crippen LogP contribution is -2.32. The standard InChI is InChI=1S/C16H17BrN2O2/c17-14-6-7-15(18-10-14)16(12-21)19(8-9-20)11-13-4-2-1-3-5-13/h1-7,10,12,16,20H,8-9,11H2. The van der Waals surface area contributed by atoms with E-state index in [1.165, 1.54) is 0 Å². The molecule has 0 fully saturated rings. The number of rotatable bonds is 7. The van der Waals surface area contributed by atoms with E-state index in [2.05, 4.69) is 20.9 Å². The van der Waals surface area contributed by atoms with Gasteiger partial charge in [0.2, 0.25) is 0 Å². The van der Waals surface area contributed by atoms with Gasteiger partial charge in [-0.15, -0.1) is 0 Å². The largest absolute Gasteiger partial charge is 0.395 e. The quantitative estimate of drug-likeness (QED) is 0.781. The zero-order valence-electron chi connectivity index (χ0n) is 11.5. The summed E-state index contributed by atoms with van der Waals surface area (Å²) in [5, 5.41) is 9.26. The highest BCUT2D eigenvalue weighted by Gasteiger charge is 2.20. The van der Waals surface area contributed by atoms with Gasteiger partial charge in [-0.1, -0.05) is 30.3 Å². The van der Waals surface area contributed by atoms with Gasteiger partial charge in [-0.05, 0) is 33.6 Å². The number of aliphatic hydroxyl groups excluding tert-OH is 1. The Morgan fingerprint density at radius 3 is 2.57 bits per heavy atom. The van der Waals surface area contributed by atoms with Crippen molar-refractivity contribution < 1.29 is 9.90 Å². The van der Waals surface area contributed by atoms with Gasteiger partial charge in [-0.25, -0.2) is 0 Å². The summed E-state index contributed by atoms with van der Waals surface area (Å²) in [5.74, 6) is 0. The number of aldehydes is 1. The number of aromatic nitrogens is 1. The second-order valence-electron chi connectivity index (χ2n) is 4.66. The minimum absolute atomic E-state index is 0.00625. The second-order valence-corrected chi connectivity index (χ2v) is 5.58. The molecule has 0 spiro atoms. The summed E-state index contributed by atoms with van der Waals surface area (Å²) in [6.07, 6.45) is 2.54. The molecule has 5 heteroatoms. The van der Waals surface area contributed by atoms with Gasteiger partial charge >= 0.3 is 0 Å². The van der Waals surface area contributed by atoms with Crippen molar-refractivity contribution in [3.63, 3.8) is 0 Å². The molecule has 1 N–H and O–H groups in total. The fraction of sp³-hybridized carbons (Fsp3) is 0.250. The Balaban J connectivity index is 2.21. The zero-order chi connectivity index (χ0) is 15.1. The minimum atomic E-state index is -0.467. The van der Waals surface area contributed by atoms with E-state index >= 15 is 0 Å². The van der Waals surface area contributed by atoms with Gasteiger partial charge in [0.25, 0.3) is 0 Å². The number of carbonyl (C=O) groups excluding carboxylic acids is 1. The van der Waals surface area contributed by atoms with Crippen LogP contribution in [0.15, 0.2) is 53.1 Å². The Hall–Kier alpha value is -1.56. The number of hydrogen-bond donors (Lipinski definition) is 1. The fourth-order valence-electron chi connectivity index (χ4n) is 2.17. The Morgan fingerprint density at radius 2 is 2.00 bits per heavy atom. The second kappa shape index (κ2) is 8.02. The van der Waals surface area contributed by atoms with E-state index in [4.69, 9.17) is 0 Å². The summed E-state index contributed by atoms with van der Waals surface area (Å²) in [6.45, 7) is 0.992. The molecule has 0 aliphatic rings. The Labute approximate surface area is 132 Å². The maximum Gasteiger partial charge on any atom is 0.143 e. The average Bonchev–Trinajstić information content (AvgIpc) is 2.51. The summed E-state index contributed by atoms with van der Waals surface area (Å²) in [5.41, 5.74) is 1.77. The third kappa shape index (κ3) is 4.46. The highest BCUT2D eigenvalue weighted by atomic mass is 79.9. The summed E-state index contributed by atoms with van der Waals surface area (Å²) >= 11 is 3.33. The molecule has 1 unspecified atom stereocenters. The number of pyridine rings is 1. The lowest BCUT2D eigenvalue weighted by molar-refractivity contribution is -0.113. The van der Waals surface area contributed by atoms with E-state index in [1.807, 2.05) is 47.4 Å². The molecule has 1 atom stereocenters. The molecule has 2 rings (SSSR count). The van der Waals surface area contributed by atoms with Crippen LogP contribution in [0.2, 0.25) is 0 Å². The number of carbonyl (C=O) groups is 1. The molecular formula is C16H17BrN2O2. The van der Waals surface area contributed by atoms with Crippen LogP contribution in [0, 0.1) is 0 Å². The van der Waals surface area contributed by atoms with Crippen molar-refractivity contribution in [2.24, 2.45) is 0 Å². The lowest BCUT2D eigenvalue weighted by atomic mass is 10.1. The van der Waals surface area contributed by atoms with Gasteiger partial charge < -0.3 is 9.90 Å². The third-order valence-corrected chi connectivity index (χ3v) is 3.66. The number of nitrogens with zero attached hydrogens (tertiary/aromatic N) is 2. The Bertz CT molecular complexity index is 560. The van der Waals surface area contributed by atoms with Gasteiger partial charge in [0.1, 0.15) is 12.3 Å². The SMILES string of the molecule is O=CC(c1ccc(Br)cn1)N(CCO)Cc1ccccc1. The average molecular weight is 349 g/mol. The van der Waals surface area contributed by atoms with E-state index < -0.39 is 6.04 Å². The summed E-state index contributed by atoms with van der Waals surface area (Å²) < 4.78 is 0.868. The highest BCUT2D eigenvalue weighted by Crippen LogP contribution is 2.20. The van der Waals surface area contributed by atoms with Crippen molar-refractivity contribution in [1.29, 1.82) is 0 Å². The van der Waals surface area contributed by atoms with Gasteiger partial charge in [0, 0.05) is 23.8 Å². The van der Waals surface area contributed by atoms with Crippen LogP contribution >= 0.6 is 15.9 Å². The van der Waals surface area contributed by atoms with E-state index in [0.717, 1.165) is 16.3 Å². The fourth-order valence-corrected chi connectivity index (χ4v) is 2.40. The molecule has 1 aromatic heterocycles. The van der Waals surface area contributed by atoms with Crippen molar-refractivity contribution in [1.82, 2.24) is 9.88 Å². The smallest absolute Gasteiger partial charge is 0.143 e. The first-order valence-electron chi connectivity index (χ1n) is 6.70. The predicted octanol–water partition coefficient (Wildman–Crippen LogP) is 2.58. The molecule has 110 valence electrons. The maximum atomic E-state index is 11.5. The van der Waals surface area contributed by atoms with Crippen LogP contribution in [-0.4, -0.2) is 34.4 Å². The van der Waals surface area contributed by atoms with Crippen molar-refractivity contribution in [3.8, 4) is 0 Å². The van der Waals surface area contributed by atoms with Crippen LogP contribution < -0.4 is 0 Å². The molecular weight excluding hydrogens is 332 g/mol. The molecule has 0 radical (unpaired) electrons. The Morgan fingerprint density at radius 1 is 1.24 bits per heavy atom. The molecule has 0 saturated carbocycles. The van der Waals surface area contributed by atoms with Crippen molar-refractivity contribution in [3.05, 3.63) is 64.4 Å². The minimum Gasteiger partial charge on any atom is -0.395 e. The zero-order valence-corrected chi connectivity index (χ0v) is 13.1. The summed E-state index contributed by atoms with van der Waals surface area (Å²) in [4.78, 5) is 17.7. The topological polar surface area (TPSA) is 53.4 Å². The molecule has 2 aromatic rings. The molecule has 4 nitrogen and oxygen atoms in total. The normalized spacial score (nSPS) is 12.3. The first kappa shape index (κ1) is 15.8. The maximum absolute atomic E-state index is 11.5. The molecule has 0 aliphatic carbocycles. The van der Waals surface area contributed by atoms with Crippen LogP contribution in [0.5, 0.6) is 0 Å². The van der Waals surface area contributed by atoms with Gasteiger partial charge in [-0.2, -0.15) is 0 Å². The summed E-state index contributed by atoms with van der Waals surface area (Å²) in [6, 6.07) is 13.1. The first-order valence-corrected chi connectivity index (χ1v) is 7.49. The molecule has 0 amide bonds. The van der Waals surface area contributed by atoms with Crippen LogP contribution in [0.4, 0.5) is 0 Å². The van der Waals surface area contributed by atoms with Crippen molar-refractivity contribution >= 4 is 22.2 Å². The third-order valence-electron chi connectivity index (χ3n) is 3.19. The van der Waals surface area contributed by atoms with Crippen LogP contribution in [0.3, 0.4) is 0 Å². The monoisotopic (exact) mass is 348 g/mol. The van der Waals surface area contributed by atoms with Crippen LogP contribution in [0.1, 0.15) is 17.3 Å². The van der Waals surface area contributed by atoms with Gasteiger partial charge in [0.05, 0.1) is 12.3 Å². The molecule has 1 heterocycles. The summed E-state index contributed by atoms with van der Waals surface area (Å²) in [7, 11) is 0. The van der Waals surface area contributed by atoms with E-state index in [9.17, 15) is 9.90 Å². The van der Waals surface area contributed by atoms with Crippen molar-refractivity contribution in [2.45, 2.75) is 12.6 Å². The van der Waals surface area contributed by atoms with Gasteiger partial charge in [-0.3, -0.25) is 9.88 Å². The number of aliphatic hydroxyl groups is 1. The van der Waals surface area contributed by atoms with Crippen molar-refractivity contribution in [2.75, 3.05) is 13.2 Å². The van der Waals surface area contributed by atoms with E-state index in [0.29, 0.717) is 18.8 Å².